The standard InChI is InChI=1S/C19H25Cl2N3OS/c1-12-17(11-18(25)22-16-9-13(20)8-14(21)10-16)24(2)19(26-12)23-15-6-4-3-5-7-15/h8-10,12,15,17H,3-7,11H2,1-2H3,(H,22,25)/b23-19-. The molecule has 1 saturated carbocycles. The molecule has 2 aliphatic rings. The third-order valence-corrected chi connectivity index (χ3v) is 6.77. The minimum absolute atomic E-state index is 0.0356. The molecule has 0 spiro atoms. The number of rotatable bonds is 4. The number of hydrogen-bond acceptors (Lipinski definition) is 3. The Hall–Kier alpha value is -0.910. The van der Waals surface area contributed by atoms with Crippen LogP contribution in [0.4, 0.5) is 5.69 Å². The van der Waals surface area contributed by atoms with E-state index < -0.39 is 0 Å². The SMILES string of the molecule is CC1S/C(=N\C2CCCCC2)N(C)C1CC(=O)Nc1cc(Cl)cc(Cl)c1. The molecule has 0 radical (unpaired) electrons. The Labute approximate surface area is 169 Å². The number of halogens is 2. The first-order valence-electron chi connectivity index (χ1n) is 9.15. The van der Waals surface area contributed by atoms with Crippen molar-refractivity contribution in [3.63, 3.8) is 0 Å². The van der Waals surface area contributed by atoms with Crippen molar-refractivity contribution in [3.05, 3.63) is 28.2 Å². The molecule has 0 aromatic heterocycles. The van der Waals surface area contributed by atoms with E-state index in [0.29, 0.717) is 33.4 Å². The molecule has 1 amide bonds. The summed E-state index contributed by atoms with van der Waals surface area (Å²) in [6, 6.07) is 5.64. The van der Waals surface area contributed by atoms with E-state index in [1.54, 1.807) is 30.0 Å². The average Bonchev–Trinajstić information content (AvgIpc) is 2.82. The average molecular weight is 414 g/mol. The first-order chi connectivity index (χ1) is 12.4. The van der Waals surface area contributed by atoms with Gasteiger partial charge in [-0.1, -0.05) is 61.1 Å². The van der Waals surface area contributed by atoms with E-state index in [1.807, 2.05) is 7.05 Å². The first-order valence-corrected chi connectivity index (χ1v) is 10.8. The lowest BCUT2D eigenvalue weighted by Crippen LogP contribution is -2.36. The lowest BCUT2D eigenvalue weighted by atomic mass is 9.96. The molecule has 1 aliphatic carbocycles. The number of thioether (sulfide) groups is 1. The van der Waals surface area contributed by atoms with Gasteiger partial charge in [0.2, 0.25) is 5.91 Å². The predicted octanol–water partition coefficient (Wildman–Crippen LogP) is 5.45. The third-order valence-electron chi connectivity index (χ3n) is 5.04. The number of carbonyl (C=O) groups excluding carboxylic acids is 1. The molecule has 26 heavy (non-hydrogen) atoms. The zero-order valence-electron chi connectivity index (χ0n) is 15.2. The largest absolute Gasteiger partial charge is 0.350 e. The van der Waals surface area contributed by atoms with Gasteiger partial charge in [-0.3, -0.25) is 9.79 Å². The van der Waals surface area contributed by atoms with Crippen LogP contribution in [0.15, 0.2) is 23.2 Å². The first kappa shape index (κ1) is 19.8. The maximum atomic E-state index is 12.5. The molecule has 0 bridgehead atoms. The van der Waals surface area contributed by atoms with Crippen molar-refractivity contribution in [2.45, 2.75) is 62.8 Å². The molecule has 1 aliphatic heterocycles. The molecular weight excluding hydrogens is 389 g/mol. The Balaban J connectivity index is 1.61. The van der Waals surface area contributed by atoms with Gasteiger partial charge in [0, 0.05) is 34.5 Å². The Morgan fingerprint density at radius 2 is 1.88 bits per heavy atom. The monoisotopic (exact) mass is 413 g/mol. The summed E-state index contributed by atoms with van der Waals surface area (Å²) in [5.74, 6) is -0.0356. The van der Waals surface area contributed by atoms with E-state index in [9.17, 15) is 4.79 Å². The molecule has 1 saturated heterocycles. The molecule has 2 atom stereocenters. The second-order valence-electron chi connectivity index (χ2n) is 7.12. The highest BCUT2D eigenvalue weighted by molar-refractivity contribution is 8.14. The van der Waals surface area contributed by atoms with Gasteiger partial charge in [0.05, 0.1) is 12.1 Å². The number of anilines is 1. The van der Waals surface area contributed by atoms with Crippen molar-refractivity contribution >= 4 is 51.7 Å². The second kappa shape index (κ2) is 8.85. The highest BCUT2D eigenvalue weighted by Crippen LogP contribution is 2.34. The lowest BCUT2D eigenvalue weighted by molar-refractivity contribution is -0.117. The summed E-state index contributed by atoms with van der Waals surface area (Å²) in [6.07, 6.45) is 6.67. The van der Waals surface area contributed by atoms with Gasteiger partial charge in [0.15, 0.2) is 5.17 Å². The maximum Gasteiger partial charge on any atom is 0.226 e. The van der Waals surface area contributed by atoms with Crippen LogP contribution in [0, 0.1) is 0 Å². The second-order valence-corrected chi connectivity index (χ2v) is 9.33. The Kier molecular flexibility index (Phi) is 6.76. The Morgan fingerprint density at radius 1 is 1.23 bits per heavy atom. The van der Waals surface area contributed by atoms with Crippen LogP contribution in [-0.2, 0) is 4.79 Å². The molecular formula is C19H25Cl2N3OS. The molecule has 2 unspecified atom stereocenters. The summed E-state index contributed by atoms with van der Waals surface area (Å²) < 4.78 is 0. The van der Waals surface area contributed by atoms with Crippen molar-refractivity contribution in [2.24, 2.45) is 4.99 Å². The molecule has 3 rings (SSSR count). The molecule has 1 N–H and O–H groups in total. The molecule has 1 heterocycles. The van der Waals surface area contributed by atoms with Gasteiger partial charge in [0.1, 0.15) is 0 Å². The van der Waals surface area contributed by atoms with Gasteiger partial charge >= 0.3 is 0 Å². The fourth-order valence-electron chi connectivity index (χ4n) is 3.60. The van der Waals surface area contributed by atoms with E-state index in [2.05, 4.69) is 17.1 Å². The molecule has 1 aromatic rings. The number of benzene rings is 1. The van der Waals surface area contributed by atoms with Crippen molar-refractivity contribution in [1.82, 2.24) is 4.90 Å². The van der Waals surface area contributed by atoms with Gasteiger partial charge < -0.3 is 10.2 Å². The van der Waals surface area contributed by atoms with Gasteiger partial charge in [-0.2, -0.15) is 0 Å². The number of amides is 1. The lowest BCUT2D eigenvalue weighted by Gasteiger charge is -2.24. The van der Waals surface area contributed by atoms with Crippen LogP contribution in [0.25, 0.3) is 0 Å². The molecule has 4 nitrogen and oxygen atoms in total. The van der Waals surface area contributed by atoms with Gasteiger partial charge in [-0.15, -0.1) is 0 Å². The van der Waals surface area contributed by atoms with Crippen LogP contribution in [0.1, 0.15) is 45.4 Å². The van der Waals surface area contributed by atoms with Crippen molar-refractivity contribution in [2.75, 3.05) is 12.4 Å². The maximum absolute atomic E-state index is 12.5. The van der Waals surface area contributed by atoms with E-state index in [-0.39, 0.29) is 11.9 Å². The number of nitrogens with one attached hydrogen (secondary N) is 1. The van der Waals surface area contributed by atoms with Crippen molar-refractivity contribution in [3.8, 4) is 0 Å². The van der Waals surface area contributed by atoms with Crippen LogP contribution < -0.4 is 5.32 Å². The van der Waals surface area contributed by atoms with Crippen LogP contribution >= 0.6 is 35.0 Å². The fraction of sp³-hybridized carbons (Fsp3) is 0.579. The summed E-state index contributed by atoms with van der Waals surface area (Å²) in [5, 5.41) is 5.33. The van der Waals surface area contributed by atoms with Crippen LogP contribution in [0.2, 0.25) is 10.0 Å². The smallest absolute Gasteiger partial charge is 0.226 e. The van der Waals surface area contributed by atoms with Gasteiger partial charge in [-0.05, 0) is 31.0 Å². The van der Waals surface area contributed by atoms with E-state index in [0.717, 1.165) is 5.17 Å². The number of nitrogens with zero attached hydrogens (tertiary/aromatic N) is 2. The normalized spacial score (nSPS) is 25.7. The molecule has 2 fully saturated rings. The number of carbonyl (C=O) groups is 1. The summed E-state index contributed by atoms with van der Waals surface area (Å²) in [4.78, 5) is 19.7. The number of amidine groups is 1. The van der Waals surface area contributed by atoms with Gasteiger partial charge in [0.25, 0.3) is 0 Å². The van der Waals surface area contributed by atoms with Crippen LogP contribution in [0.5, 0.6) is 0 Å². The molecule has 7 heteroatoms. The number of aliphatic imine (C=N–C) groups is 1. The van der Waals surface area contributed by atoms with Crippen LogP contribution in [-0.4, -0.2) is 40.4 Å². The Morgan fingerprint density at radius 3 is 2.54 bits per heavy atom. The zero-order chi connectivity index (χ0) is 18.7. The molecule has 1 aromatic carbocycles. The van der Waals surface area contributed by atoms with Gasteiger partial charge in [-0.25, -0.2) is 0 Å². The van der Waals surface area contributed by atoms with E-state index in [4.69, 9.17) is 28.2 Å². The summed E-state index contributed by atoms with van der Waals surface area (Å²) in [6.45, 7) is 2.17. The van der Waals surface area contributed by atoms with Crippen molar-refractivity contribution in [1.29, 1.82) is 0 Å². The third kappa shape index (κ3) is 5.08. The zero-order valence-corrected chi connectivity index (χ0v) is 17.5. The van der Waals surface area contributed by atoms with E-state index >= 15 is 0 Å². The highest BCUT2D eigenvalue weighted by Gasteiger charge is 2.36. The Bertz CT molecular complexity index is 671. The van der Waals surface area contributed by atoms with Crippen LogP contribution in [0.3, 0.4) is 0 Å². The summed E-state index contributed by atoms with van der Waals surface area (Å²) in [7, 11) is 2.05. The predicted molar refractivity (Wildman–Crippen MR) is 113 cm³/mol. The number of hydrogen-bond donors (Lipinski definition) is 1. The molecule has 142 valence electrons. The van der Waals surface area contributed by atoms with E-state index in [1.165, 1.54) is 32.1 Å². The highest BCUT2D eigenvalue weighted by atomic mass is 35.5. The minimum atomic E-state index is -0.0356. The topological polar surface area (TPSA) is 44.7 Å². The quantitative estimate of drug-likeness (QED) is 0.713. The van der Waals surface area contributed by atoms with Crippen molar-refractivity contribution < 1.29 is 4.79 Å². The summed E-state index contributed by atoms with van der Waals surface area (Å²) in [5.41, 5.74) is 0.629. The summed E-state index contributed by atoms with van der Waals surface area (Å²) >= 11 is 13.8. The fourth-order valence-corrected chi connectivity index (χ4v) is 5.41. The minimum Gasteiger partial charge on any atom is -0.350 e.